The predicted molar refractivity (Wildman–Crippen MR) is 168 cm³/mol. The highest BCUT2D eigenvalue weighted by Gasteiger charge is 2.21. The number of fused-ring (bicyclic) bond motifs is 4. The van der Waals surface area contributed by atoms with Crippen LogP contribution in [0.2, 0.25) is 0 Å². The number of hydrogen-bond acceptors (Lipinski definition) is 4. The first-order valence-corrected chi connectivity index (χ1v) is 13.8. The quantitative estimate of drug-likeness (QED) is 0.248. The van der Waals surface area contributed by atoms with Gasteiger partial charge in [0.05, 0.1) is 0 Å². The predicted octanol–water partition coefficient (Wildman–Crippen LogP) is 8.90. The van der Waals surface area contributed by atoms with Crippen LogP contribution in [0.1, 0.15) is 22.9 Å². The second-order valence-corrected chi connectivity index (χ2v) is 10.3. The van der Waals surface area contributed by atoms with E-state index in [4.69, 9.17) is 14.4 Å². The molecular formula is C37H25N3O. The summed E-state index contributed by atoms with van der Waals surface area (Å²) in [6.07, 6.45) is -0.335. The van der Waals surface area contributed by atoms with E-state index in [1.54, 1.807) is 0 Å². The van der Waals surface area contributed by atoms with Gasteiger partial charge in [-0.2, -0.15) is 0 Å². The first kappa shape index (κ1) is 23.4. The fraction of sp³-hybridized carbons (Fsp3) is 0.0270. The Hall–Kier alpha value is -5.48. The molecule has 0 amide bonds. The summed E-state index contributed by atoms with van der Waals surface area (Å²) >= 11 is 0. The van der Waals surface area contributed by atoms with Crippen LogP contribution < -0.4 is 5.32 Å². The molecule has 0 radical (unpaired) electrons. The molecule has 4 nitrogen and oxygen atoms in total. The lowest BCUT2D eigenvalue weighted by Gasteiger charge is -2.22. The molecule has 8 rings (SSSR count). The van der Waals surface area contributed by atoms with E-state index >= 15 is 0 Å². The first-order chi connectivity index (χ1) is 20.3. The summed E-state index contributed by atoms with van der Waals surface area (Å²) < 4.78 is 6.35. The minimum absolute atomic E-state index is 0.335. The first-order valence-electron chi connectivity index (χ1n) is 13.8. The molecule has 6 aromatic carbocycles. The maximum atomic E-state index is 6.35. The van der Waals surface area contributed by atoms with Gasteiger partial charge in [0.2, 0.25) is 0 Å². The third kappa shape index (κ3) is 4.26. The molecule has 0 saturated heterocycles. The Kier molecular flexibility index (Phi) is 5.49. The van der Waals surface area contributed by atoms with Crippen molar-refractivity contribution < 1.29 is 4.42 Å². The Morgan fingerprint density at radius 1 is 0.463 bits per heavy atom. The zero-order valence-electron chi connectivity index (χ0n) is 22.2. The van der Waals surface area contributed by atoms with Crippen LogP contribution in [-0.2, 0) is 0 Å². The van der Waals surface area contributed by atoms with Crippen LogP contribution in [0.4, 0.5) is 0 Å². The van der Waals surface area contributed by atoms with Crippen molar-refractivity contribution in [1.82, 2.24) is 5.32 Å². The molecule has 0 fully saturated rings. The molecule has 7 aromatic rings. The Morgan fingerprint density at radius 3 is 1.95 bits per heavy atom. The van der Waals surface area contributed by atoms with E-state index in [1.807, 2.05) is 36.4 Å². The largest absolute Gasteiger partial charge is 0.456 e. The Balaban J connectivity index is 1.19. The SMILES string of the molecule is c1ccc(C2=NC(c3ccccc3)N=C(c3ccc4c(c3)oc3ccc(-c5ccc6ccccc6c5)cc34)N2)cc1. The molecule has 1 aromatic heterocycles. The van der Waals surface area contributed by atoms with Gasteiger partial charge in [-0.15, -0.1) is 0 Å². The summed E-state index contributed by atoms with van der Waals surface area (Å²) in [5.41, 5.74) is 7.08. The number of nitrogens with zero attached hydrogens (tertiary/aromatic N) is 2. The smallest absolute Gasteiger partial charge is 0.169 e. The van der Waals surface area contributed by atoms with E-state index in [9.17, 15) is 0 Å². The van der Waals surface area contributed by atoms with E-state index in [1.165, 1.54) is 21.9 Å². The third-order valence-corrected chi connectivity index (χ3v) is 7.71. The van der Waals surface area contributed by atoms with Crippen LogP contribution in [0.25, 0.3) is 43.8 Å². The maximum Gasteiger partial charge on any atom is 0.169 e. The molecule has 2 heterocycles. The Labute approximate surface area is 237 Å². The molecule has 1 unspecified atom stereocenters. The van der Waals surface area contributed by atoms with Gasteiger partial charge in [0.15, 0.2) is 6.17 Å². The minimum atomic E-state index is -0.335. The van der Waals surface area contributed by atoms with Crippen LogP contribution in [0.3, 0.4) is 0 Å². The zero-order valence-corrected chi connectivity index (χ0v) is 22.2. The van der Waals surface area contributed by atoms with Crippen molar-refractivity contribution >= 4 is 44.4 Å². The molecule has 0 spiro atoms. The summed E-state index contributed by atoms with van der Waals surface area (Å²) in [6.45, 7) is 0. The molecule has 1 aliphatic heterocycles. The molecule has 41 heavy (non-hydrogen) atoms. The minimum Gasteiger partial charge on any atom is -0.456 e. The van der Waals surface area contributed by atoms with E-state index in [-0.39, 0.29) is 6.17 Å². The molecule has 0 saturated carbocycles. The number of hydrogen-bond donors (Lipinski definition) is 1. The fourth-order valence-electron chi connectivity index (χ4n) is 5.59. The summed E-state index contributed by atoms with van der Waals surface area (Å²) in [4.78, 5) is 9.96. The van der Waals surface area contributed by atoms with Gasteiger partial charge in [0.25, 0.3) is 0 Å². The highest BCUT2D eigenvalue weighted by molar-refractivity contribution is 6.17. The highest BCUT2D eigenvalue weighted by atomic mass is 16.3. The lowest BCUT2D eigenvalue weighted by molar-refractivity contribution is 0.669. The standard InChI is InChI=1S/C37H25N3O/c1-3-10-25(11-4-1)35-38-36(26-12-5-2-6-13-26)40-37(39-35)30-17-19-31-32-22-29(18-20-33(32)41-34(31)23-30)28-16-15-24-9-7-8-14-27(24)21-28/h1-23,35H,(H,38,39,40). The van der Waals surface area contributed by atoms with Gasteiger partial charge < -0.3 is 9.73 Å². The highest BCUT2D eigenvalue weighted by Crippen LogP contribution is 2.34. The summed E-state index contributed by atoms with van der Waals surface area (Å²) in [7, 11) is 0. The number of rotatable bonds is 4. The van der Waals surface area contributed by atoms with E-state index in [0.29, 0.717) is 0 Å². The average Bonchev–Trinajstić information content (AvgIpc) is 3.42. The van der Waals surface area contributed by atoms with E-state index < -0.39 is 0 Å². The molecule has 0 aliphatic carbocycles. The summed E-state index contributed by atoms with van der Waals surface area (Å²) in [5.74, 6) is 1.57. The number of nitrogens with one attached hydrogen (secondary N) is 1. The molecular weight excluding hydrogens is 502 g/mol. The number of benzene rings is 6. The number of amidine groups is 2. The van der Waals surface area contributed by atoms with Gasteiger partial charge in [-0.1, -0.05) is 109 Å². The van der Waals surface area contributed by atoms with Crippen LogP contribution in [0, 0.1) is 0 Å². The van der Waals surface area contributed by atoms with Crippen LogP contribution >= 0.6 is 0 Å². The van der Waals surface area contributed by atoms with E-state index in [0.717, 1.165) is 50.3 Å². The topological polar surface area (TPSA) is 49.9 Å². The lowest BCUT2D eigenvalue weighted by Crippen LogP contribution is -2.36. The van der Waals surface area contributed by atoms with Crippen LogP contribution in [0.15, 0.2) is 154 Å². The van der Waals surface area contributed by atoms with Gasteiger partial charge in [0, 0.05) is 21.9 Å². The Morgan fingerprint density at radius 2 is 1.12 bits per heavy atom. The number of furan rings is 1. The molecule has 4 heteroatoms. The van der Waals surface area contributed by atoms with Gasteiger partial charge in [-0.05, 0) is 57.8 Å². The summed E-state index contributed by atoms with van der Waals surface area (Å²) in [5, 5.41) is 8.15. The number of aliphatic imine (C=N–C) groups is 2. The van der Waals surface area contributed by atoms with Gasteiger partial charge >= 0.3 is 0 Å². The van der Waals surface area contributed by atoms with Crippen molar-refractivity contribution in [2.45, 2.75) is 6.17 Å². The lowest BCUT2D eigenvalue weighted by atomic mass is 9.99. The molecule has 194 valence electrons. The van der Waals surface area contributed by atoms with Crippen molar-refractivity contribution in [3.63, 3.8) is 0 Å². The van der Waals surface area contributed by atoms with E-state index in [2.05, 4.69) is 108 Å². The second-order valence-electron chi connectivity index (χ2n) is 10.3. The van der Waals surface area contributed by atoms with Gasteiger partial charge in [-0.25, -0.2) is 9.98 Å². The third-order valence-electron chi connectivity index (χ3n) is 7.71. The average molecular weight is 528 g/mol. The summed E-state index contributed by atoms with van der Waals surface area (Å²) in [6, 6.07) is 48.2. The molecule has 1 atom stereocenters. The molecule has 0 bridgehead atoms. The molecule has 1 N–H and O–H groups in total. The van der Waals surface area contributed by atoms with Crippen molar-refractivity contribution in [2.75, 3.05) is 0 Å². The van der Waals surface area contributed by atoms with Gasteiger partial charge in [0.1, 0.15) is 22.8 Å². The normalized spacial score (nSPS) is 15.1. The van der Waals surface area contributed by atoms with Crippen LogP contribution in [0.5, 0.6) is 0 Å². The monoisotopic (exact) mass is 527 g/mol. The zero-order chi connectivity index (χ0) is 27.2. The van der Waals surface area contributed by atoms with Crippen molar-refractivity contribution in [2.24, 2.45) is 9.98 Å². The molecule has 1 aliphatic rings. The van der Waals surface area contributed by atoms with Crippen molar-refractivity contribution in [3.8, 4) is 11.1 Å². The fourth-order valence-corrected chi connectivity index (χ4v) is 5.59. The van der Waals surface area contributed by atoms with Gasteiger partial charge in [-0.3, -0.25) is 0 Å². The maximum absolute atomic E-state index is 6.35. The van der Waals surface area contributed by atoms with Crippen molar-refractivity contribution in [3.05, 3.63) is 156 Å². The Bertz CT molecular complexity index is 2120. The van der Waals surface area contributed by atoms with Crippen molar-refractivity contribution in [1.29, 1.82) is 0 Å². The van der Waals surface area contributed by atoms with Crippen LogP contribution in [-0.4, -0.2) is 11.7 Å². The second kappa shape index (κ2) is 9.61.